The molecule has 10 heteroatoms. The van der Waals surface area contributed by atoms with Gasteiger partial charge < -0.3 is 10.7 Å². The fraction of sp³-hybridized carbons (Fsp3) is 0.455. The van der Waals surface area contributed by atoms with E-state index in [2.05, 4.69) is 0 Å². The fourth-order valence-electron chi connectivity index (χ4n) is 1.67. The quantitative estimate of drug-likeness (QED) is 0.297. The van der Waals surface area contributed by atoms with E-state index in [1.807, 2.05) is 13.8 Å². The lowest BCUT2D eigenvalue weighted by molar-refractivity contribution is -0.385. The molecule has 0 unspecified atom stereocenters. The topological polar surface area (TPSA) is 153 Å². The number of hydrazine groups is 1. The van der Waals surface area contributed by atoms with Crippen molar-refractivity contribution in [3.8, 4) is 0 Å². The van der Waals surface area contributed by atoms with Crippen LogP contribution < -0.4 is 16.6 Å². The summed E-state index contributed by atoms with van der Waals surface area (Å²) in [5.74, 6) is 5.81. The van der Waals surface area contributed by atoms with Crippen molar-refractivity contribution in [1.29, 1.82) is 0 Å². The van der Waals surface area contributed by atoms with Gasteiger partial charge in [0, 0.05) is 18.7 Å². The summed E-state index contributed by atoms with van der Waals surface area (Å²) in [6.07, 6.45) is 0. The van der Waals surface area contributed by atoms with Gasteiger partial charge in [-0.05, 0) is 18.0 Å². The maximum Gasteiger partial charge on any atom is 0.296 e. The Morgan fingerprint density at radius 2 is 2.00 bits per heavy atom. The largest absolute Gasteiger partial charge is 0.330 e. The van der Waals surface area contributed by atoms with Gasteiger partial charge in [0.15, 0.2) is 0 Å². The summed E-state index contributed by atoms with van der Waals surface area (Å²) in [4.78, 5) is 9.32. The third kappa shape index (κ3) is 4.36. The molecule has 0 heterocycles. The first kappa shape index (κ1) is 17.3. The van der Waals surface area contributed by atoms with E-state index < -0.39 is 31.0 Å². The van der Waals surface area contributed by atoms with Gasteiger partial charge in [0.2, 0.25) is 0 Å². The normalized spacial score (nSPS) is 12.2. The molecule has 0 atom stereocenters. The van der Waals surface area contributed by atoms with E-state index in [0.29, 0.717) is 6.54 Å². The van der Waals surface area contributed by atoms with Crippen LogP contribution in [0.5, 0.6) is 0 Å². The zero-order valence-corrected chi connectivity index (χ0v) is 12.5. The van der Waals surface area contributed by atoms with Crippen LogP contribution in [0.4, 0.5) is 11.4 Å². The van der Waals surface area contributed by atoms with Crippen molar-refractivity contribution in [2.75, 3.05) is 18.1 Å². The van der Waals surface area contributed by atoms with Gasteiger partial charge in [-0.1, -0.05) is 13.8 Å². The van der Waals surface area contributed by atoms with Crippen molar-refractivity contribution in [3.63, 3.8) is 0 Å². The molecular weight excluding hydrogens is 300 g/mol. The standard InChI is InChI=1S/C11H18N4O5S/c1-11(2,6-12)7-14(13)9-4-3-8(15(16)17)5-10(9)21(18,19)20/h3-5H,6-7,12-13H2,1-2H3,(H,18,19,20). The van der Waals surface area contributed by atoms with Gasteiger partial charge in [0.05, 0.1) is 10.6 Å². The maximum absolute atomic E-state index is 11.4. The molecule has 0 bridgehead atoms. The predicted octanol–water partition coefficient (Wildman–Crippen LogP) is 0.507. The van der Waals surface area contributed by atoms with E-state index in [9.17, 15) is 23.1 Å². The number of hydrogen-bond donors (Lipinski definition) is 3. The molecule has 118 valence electrons. The second-order valence-electron chi connectivity index (χ2n) is 5.38. The monoisotopic (exact) mass is 318 g/mol. The molecule has 5 N–H and O–H groups in total. The smallest absolute Gasteiger partial charge is 0.296 e. The van der Waals surface area contributed by atoms with Crippen LogP contribution in [-0.2, 0) is 10.1 Å². The number of nitrogens with two attached hydrogens (primary N) is 2. The zero-order chi connectivity index (χ0) is 16.4. The van der Waals surface area contributed by atoms with E-state index in [1.54, 1.807) is 0 Å². The van der Waals surface area contributed by atoms with Crippen LogP contribution >= 0.6 is 0 Å². The molecule has 1 rings (SSSR count). The molecule has 0 aliphatic heterocycles. The van der Waals surface area contributed by atoms with Gasteiger partial charge in [-0.2, -0.15) is 8.42 Å². The number of rotatable bonds is 6. The van der Waals surface area contributed by atoms with Gasteiger partial charge in [0.25, 0.3) is 15.8 Å². The molecular formula is C11H18N4O5S. The molecule has 0 amide bonds. The summed E-state index contributed by atoms with van der Waals surface area (Å²) in [5, 5.41) is 11.8. The van der Waals surface area contributed by atoms with Crippen molar-refractivity contribution in [2.45, 2.75) is 18.7 Å². The summed E-state index contributed by atoms with van der Waals surface area (Å²) in [7, 11) is -4.65. The molecule has 0 aromatic heterocycles. The lowest BCUT2D eigenvalue weighted by atomic mass is 9.93. The van der Waals surface area contributed by atoms with Crippen LogP contribution in [-0.4, -0.2) is 31.0 Å². The lowest BCUT2D eigenvalue weighted by Crippen LogP contribution is -2.43. The van der Waals surface area contributed by atoms with E-state index in [4.69, 9.17) is 11.6 Å². The van der Waals surface area contributed by atoms with Crippen LogP contribution in [0.25, 0.3) is 0 Å². The first-order valence-corrected chi connectivity index (χ1v) is 7.40. The van der Waals surface area contributed by atoms with Crippen LogP contribution in [0, 0.1) is 15.5 Å². The Morgan fingerprint density at radius 3 is 2.43 bits per heavy atom. The first-order chi connectivity index (χ1) is 9.48. The van der Waals surface area contributed by atoms with Crippen LogP contribution in [0.15, 0.2) is 23.1 Å². The highest BCUT2D eigenvalue weighted by Gasteiger charge is 2.26. The molecule has 21 heavy (non-hydrogen) atoms. The lowest BCUT2D eigenvalue weighted by Gasteiger charge is -2.30. The molecule has 0 aliphatic carbocycles. The molecule has 0 aliphatic rings. The summed E-state index contributed by atoms with van der Waals surface area (Å²) in [6, 6.07) is 3.05. The Hall–Kier alpha value is -1.75. The first-order valence-electron chi connectivity index (χ1n) is 5.96. The van der Waals surface area contributed by atoms with Crippen molar-refractivity contribution in [2.24, 2.45) is 17.0 Å². The van der Waals surface area contributed by atoms with Crippen molar-refractivity contribution >= 4 is 21.5 Å². The predicted molar refractivity (Wildman–Crippen MR) is 77.3 cm³/mol. The van der Waals surface area contributed by atoms with Crippen molar-refractivity contribution in [3.05, 3.63) is 28.3 Å². The SMILES string of the molecule is CC(C)(CN)CN(N)c1ccc([N+](=O)[O-])cc1S(=O)(=O)O. The van der Waals surface area contributed by atoms with E-state index >= 15 is 0 Å². The van der Waals surface area contributed by atoms with E-state index in [1.165, 1.54) is 6.07 Å². The zero-order valence-electron chi connectivity index (χ0n) is 11.7. The van der Waals surface area contributed by atoms with E-state index in [-0.39, 0.29) is 12.2 Å². The number of benzene rings is 1. The molecule has 0 saturated heterocycles. The number of anilines is 1. The van der Waals surface area contributed by atoms with Crippen LogP contribution in [0.2, 0.25) is 0 Å². The fourth-order valence-corrected chi connectivity index (χ4v) is 2.39. The van der Waals surface area contributed by atoms with Gasteiger partial charge in [-0.15, -0.1) is 0 Å². The second-order valence-corrected chi connectivity index (χ2v) is 6.77. The highest BCUT2D eigenvalue weighted by molar-refractivity contribution is 7.86. The number of nitro groups is 1. The average molecular weight is 318 g/mol. The minimum atomic E-state index is -4.65. The summed E-state index contributed by atoms with van der Waals surface area (Å²) in [6.45, 7) is 4.15. The number of nitro benzene ring substituents is 1. The van der Waals surface area contributed by atoms with Crippen LogP contribution in [0.3, 0.4) is 0 Å². The highest BCUT2D eigenvalue weighted by Crippen LogP contribution is 2.29. The third-order valence-corrected chi connectivity index (χ3v) is 3.78. The molecule has 0 fully saturated rings. The average Bonchev–Trinajstić information content (AvgIpc) is 2.36. The Kier molecular flexibility index (Phi) is 4.89. The summed E-state index contributed by atoms with van der Waals surface area (Å²) in [5.41, 5.74) is 4.67. The van der Waals surface area contributed by atoms with Gasteiger partial charge in [-0.25, -0.2) is 5.84 Å². The Balaban J connectivity index is 3.33. The minimum absolute atomic E-state index is 0.0374. The van der Waals surface area contributed by atoms with Gasteiger partial charge in [-0.3, -0.25) is 14.7 Å². The highest BCUT2D eigenvalue weighted by atomic mass is 32.2. The Labute approximate surface area is 122 Å². The summed E-state index contributed by atoms with van der Waals surface area (Å²) < 4.78 is 32.0. The Bertz CT molecular complexity index is 644. The maximum atomic E-state index is 11.4. The van der Waals surface area contributed by atoms with Crippen LogP contribution in [0.1, 0.15) is 13.8 Å². The number of hydrogen-bond acceptors (Lipinski definition) is 7. The number of non-ortho nitro benzene ring substituents is 1. The van der Waals surface area contributed by atoms with Crippen molar-refractivity contribution in [1.82, 2.24) is 0 Å². The van der Waals surface area contributed by atoms with Gasteiger partial charge >= 0.3 is 0 Å². The van der Waals surface area contributed by atoms with E-state index in [0.717, 1.165) is 17.1 Å². The van der Waals surface area contributed by atoms with Crippen molar-refractivity contribution < 1.29 is 17.9 Å². The second kappa shape index (κ2) is 5.93. The molecule has 1 aromatic rings. The molecule has 0 spiro atoms. The van der Waals surface area contributed by atoms with Gasteiger partial charge in [0.1, 0.15) is 4.90 Å². The summed E-state index contributed by atoms with van der Waals surface area (Å²) >= 11 is 0. The minimum Gasteiger partial charge on any atom is -0.330 e. The number of nitrogens with zero attached hydrogens (tertiary/aromatic N) is 2. The Morgan fingerprint density at radius 1 is 1.43 bits per heavy atom. The molecule has 9 nitrogen and oxygen atoms in total. The molecule has 1 aromatic carbocycles. The third-order valence-electron chi connectivity index (χ3n) is 2.89. The molecule has 0 radical (unpaired) electrons. The molecule has 0 saturated carbocycles.